The Labute approximate surface area is 231 Å². The van der Waals surface area contributed by atoms with Crippen molar-refractivity contribution in [2.45, 2.75) is 51.1 Å². The monoisotopic (exact) mass is 586 g/mol. The van der Waals surface area contributed by atoms with Crippen LogP contribution < -0.4 is 5.32 Å². The van der Waals surface area contributed by atoms with Gasteiger partial charge in [-0.15, -0.1) is 11.8 Å². The molecule has 2 amide bonds. The number of thioether (sulfide) groups is 1. The van der Waals surface area contributed by atoms with Gasteiger partial charge in [-0.25, -0.2) is 0 Å². The number of halogens is 2. The Morgan fingerprint density at radius 1 is 0.972 bits per heavy atom. The van der Waals surface area contributed by atoms with Crippen LogP contribution >= 0.6 is 39.3 Å². The van der Waals surface area contributed by atoms with Gasteiger partial charge in [0.25, 0.3) is 0 Å². The average Bonchev–Trinajstić information content (AvgIpc) is 2.86. The van der Waals surface area contributed by atoms with E-state index in [-0.39, 0.29) is 23.6 Å². The molecule has 0 aromatic heterocycles. The molecule has 0 fully saturated rings. The molecule has 0 spiro atoms. The summed E-state index contributed by atoms with van der Waals surface area (Å²) >= 11 is 11.2. The summed E-state index contributed by atoms with van der Waals surface area (Å²) in [4.78, 5) is 28.9. The Bertz CT molecular complexity index is 1140. The van der Waals surface area contributed by atoms with Crippen LogP contribution in [-0.2, 0) is 28.3 Å². The molecule has 0 aliphatic carbocycles. The van der Waals surface area contributed by atoms with E-state index in [4.69, 9.17) is 11.6 Å². The molecule has 2 atom stereocenters. The third-order valence-electron chi connectivity index (χ3n) is 5.90. The molecule has 190 valence electrons. The first-order valence-electron chi connectivity index (χ1n) is 12.1. The molecular weight excluding hydrogens is 556 g/mol. The van der Waals surface area contributed by atoms with Crippen molar-refractivity contribution in [3.05, 3.63) is 105 Å². The summed E-state index contributed by atoms with van der Waals surface area (Å²) in [5, 5.41) is 3.79. The number of carbonyl (C=O) groups is 2. The highest BCUT2D eigenvalue weighted by Crippen LogP contribution is 2.21. The third kappa shape index (κ3) is 8.99. The van der Waals surface area contributed by atoms with Crippen molar-refractivity contribution in [1.82, 2.24) is 10.2 Å². The molecule has 7 heteroatoms. The minimum atomic E-state index is -0.625. The van der Waals surface area contributed by atoms with Crippen LogP contribution in [0, 0.1) is 0 Å². The van der Waals surface area contributed by atoms with Crippen molar-refractivity contribution in [3.63, 3.8) is 0 Å². The SMILES string of the molecule is CC[C@H](C)NC(=O)[C@@H](Cc1ccccc1)N(Cc1cccc(Br)c1)C(=O)CSCc1cccc(Cl)c1. The summed E-state index contributed by atoms with van der Waals surface area (Å²) in [5.74, 6) is 0.737. The van der Waals surface area contributed by atoms with E-state index < -0.39 is 6.04 Å². The summed E-state index contributed by atoms with van der Waals surface area (Å²) < 4.78 is 0.936. The molecule has 4 nitrogen and oxygen atoms in total. The quantitative estimate of drug-likeness (QED) is 0.251. The predicted octanol–water partition coefficient (Wildman–Crippen LogP) is 6.89. The van der Waals surface area contributed by atoms with Gasteiger partial charge in [-0.3, -0.25) is 9.59 Å². The Hall–Kier alpha value is -2.28. The summed E-state index contributed by atoms with van der Waals surface area (Å²) in [6, 6.07) is 24.8. The molecule has 0 aliphatic heterocycles. The first-order chi connectivity index (χ1) is 17.4. The molecule has 0 unspecified atom stereocenters. The van der Waals surface area contributed by atoms with Crippen LogP contribution in [0.25, 0.3) is 0 Å². The number of nitrogens with one attached hydrogen (secondary N) is 1. The van der Waals surface area contributed by atoms with E-state index in [1.54, 1.807) is 4.90 Å². The lowest BCUT2D eigenvalue weighted by atomic mass is 10.0. The number of amides is 2. The molecule has 0 heterocycles. The largest absolute Gasteiger partial charge is 0.352 e. The van der Waals surface area contributed by atoms with Crippen LogP contribution in [0.15, 0.2) is 83.3 Å². The van der Waals surface area contributed by atoms with Crippen LogP contribution in [0.5, 0.6) is 0 Å². The van der Waals surface area contributed by atoms with Crippen LogP contribution in [0.1, 0.15) is 37.0 Å². The molecule has 3 aromatic carbocycles. The van der Waals surface area contributed by atoms with Crippen LogP contribution in [0.4, 0.5) is 0 Å². The maximum atomic E-state index is 13.7. The van der Waals surface area contributed by atoms with Crippen molar-refractivity contribution in [1.29, 1.82) is 0 Å². The second-order valence-corrected chi connectivity index (χ2v) is 11.1. The number of rotatable bonds is 12. The summed E-state index contributed by atoms with van der Waals surface area (Å²) in [5.41, 5.74) is 3.04. The van der Waals surface area contributed by atoms with Crippen molar-refractivity contribution in [2.24, 2.45) is 0 Å². The molecule has 0 aliphatic rings. The molecule has 0 saturated carbocycles. The lowest BCUT2D eigenvalue weighted by molar-refractivity contribution is -0.139. The Morgan fingerprint density at radius 2 is 1.67 bits per heavy atom. The van der Waals surface area contributed by atoms with Gasteiger partial charge in [0.05, 0.1) is 5.75 Å². The zero-order valence-electron chi connectivity index (χ0n) is 20.6. The predicted molar refractivity (Wildman–Crippen MR) is 154 cm³/mol. The number of carbonyl (C=O) groups excluding carboxylic acids is 2. The molecular formula is C29H32BrClN2O2S. The Kier molecular flexibility index (Phi) is 11.4. The molecule has 3 rings (SSSR count). The van der Waals surface area contributed by atoms with E-state index >= 15 is 0 Å². The van der Waals surface area contributed by atoms with Gasteiger partial charge in [0.15, 0.2) is 0 Å². The Morgan fingerprint density at radius 3 is 2.36 bits per heavy atom. The topological polar surface area (TPSA) is 49.4 Å². The molecule has 0 saturated heterocycles. The van der Waals surface area contributed by atoms with Crippen LogP contribution in [0.3, 0.4) is 0 Å². The van der Waals surface area contributed by atoms with Gasteiger partial charge < -0.3 is 10.2 Å². The summed E-state index contributed by atoms with van der Waals surface area (Å²) in [6.45, 7) is 4.37. The minimum absolute atomic E-state index is 0.0239. The molecule has 3 aromatic rings. The van der Waals surface area contributed by atoms with Crippen molar-refractivity contribution in [3.8, 4) is 0 Å². The van der Waals surface area contributed by atoms with Crippen LogP contribution in [-0.4, -0.2) is 34.6 Å². The first-order valence-corrected chi connectivity index (χ1v) is 14.4. The van der Waals surface area contributed by atoms with Crippen molar-refractivity contribution < 1.29 is 9.59 Å². The maximum absolute atomic E-state index is 13.7. The van der Waals surface area contributed by atoms with Gasteiger partial charge in [0.2, 0.25) is 11.8 Å². The second kappa shape index (κ2) is 14.5. The van der Waals surface area contributed by atoms with E-state index in [0.29, 0.717) is 23.7 Å². The number of hydrogen-bond donors (Lipinski definition) is 1. The minimum Gasteiger partial charge on any atom is -0.352 e. The van der Waals surface area contributed by atoms with E-state index in [0.717, 1.165) is 27.6 Å². The number of benzene rings is 3. The smallest absolute Gasteiger partial charge is 0.243 e. The van der Waals surface area contributed by atoms with Gasteiger partial charge in [-0.05, 0) is 54.3 Å². The highest BCUT2D eigenvalue weighted by molar-refractivity contribution is 9.10. The molecule has 0 radical (unpaired) electrons. The van der Waals surface area contributed by atoms with E-state index in [2.05, 4.69) is 21.2 Å². The average molecular weight is 588 g/mol. The lowest BCUT2D eigenvalue weighted by Gasteiger charge is -2.32. The standard InChI is InChI=1S/C29H32BrClN2O2S/c1-3-21(2)32-29(35)27(17-22-9-5-4-6-10-22)33(18-23-11-7-13-25(30)15-23)28(34)20-36-19-24-12-8-14-26(31)16-24/h4-16,21,27H,3,17-20H2,1-2H3,(H,32,35)/t21-,27+/m0/s1. The summed E-state index contributed by atoms with van der Waals surface area (Å²) in [6.07, 6.45) is 1.26. The third-order valence-corrected chi connectivity index (χ3v) is 7.61. The fraction of sp³-hybridized carbons (Fsp3) is 0.310. The van der Waals surface area contributed by atoms with E-state index in [9.17, 15) is 9.59 Å². The molecule has 1 N–H and O–H groups in total. The van der Waals surface area contributed by atoms with Crippen LogP contribution in [0.2, 0.25) is 5.02 Å². The number of hydrogen-bond acceptors (Lipinski definition) is 3. The Balaban J connectivity index is 1.85. The fourth-order valence-electron chi connectivity index (χ4n) is 3.79. The van der Waals surface area contributed by atoms with Gasteiger partial charge in [0, 0.05) is 34.3 Å². The normalized spacial score (nSPS) is 12.6. The summed E-state index contributed by atoms with van der Waals surface area (Å²) in [7, 11) is 0. The lowest BCUT2D eigenvalue weighted by Crippen LogP contribution is -2.52. The van der Waals surface area contributed by atoms with Gasteiger partial charge in [-0.1, -0.05) is 89.1 Å². The second-order valence-electron chi connectivity index (χ2n) is 8.80. The van der Waals surface area contributed by atoms with Crippen molar-refractivity contribution in [2.75, 3.05) is 5.75 Å². The van der Waals surface area contributed by atoms with E-state index in [1.165, 1.54) is 11.8 Å². The maximum Gasteiger partial charge on any atom is 0.243 e. The van der Waals surface area contributed by atoms with Gasteiger partial charge in [-0.2, -0.15) is 0 Å². The van der Waals surface area contributed by atoms with Crippen molar-refractivity contribution >= 4 is 51.1 Å². The molecule has 0 bridgehead atoms. The zero-order valence-corrected chi connectivity index (χ0v) is 23.8. The zero-order chi connectivity index (χ0) is 25.9. The van der Waals surface area contributed by atoms with Gasteiger partial charge >= 0.3 is 0 Å². The van der Waals surface area contributed by atoms with E-state index in [1.807, 2.05) is 92.7 Å². The molecule has 36 heavy (non-hydrogen) atoms. The fourth-order valence-corrected chi connectivity index (χ4v) is 5.31. The number of nitrogens with zero attached hydrogens (tertiary/aromatic N) is 1. The first kappa shape index (κ1) is 28.3. The van der Waals surface area contributed by atoms with Gasteiger partial charge in [0.1, 0.15) is 6.04 Å². The highest BCUT2D eigenvalue weighted by Gasteiger charge is 2.30. The highest BCUT2D eigenvalue weighted by atomic mass is 79.9.